The van der Waals surface area contributed by atoms with E-state index in [9.17, 15) is 14.4 Å². The molecule has 6 nitrogen and oxygen atoms in total. The van der Waals surface area contributed by atoms with E-state index in [1.165, 1.54) is 12.1 Å². The van der Waals surface area contributed by atoms with E-state index in [0.29, 0.717) is 23.3 Å². The second-order valence-corrected chi connectivity index (χ2v) is 8.38. The van der Waals surface area contributed by atoms with Crippen molar-refractivity contribution in [2.24, 2.45) is 7.05 Å². The van der Waals surface area contributed by atoms with Gasteiger partial charge in [-0.2, -0.15) is 5.26 Å². The standard InChI is InChI=1S/C24H26FN5O/c1-15-14-30(16(2)13-29(15)17(3)18-5-7-19(25)8-6-18)22-11-23(31)28(4)21-10-9-20(12-26)27-24(21)22/h5-11,15-17H,13-14H2,1-4H3/t15?,16-,17?/m0/s1. The van der Waals surface area contributed by atoms with Crippen LogP contribution in [-0.2, 0) is 7.05 Å². The van der Waals surface area contributed by atoms with Crippen LogP contribution in [-0.4, -0.2) is 39.6 Å². The van der Waals surface area contributed by atoms with Gasteiger partial charge in [-0.15, -0.1) is 0 Å². The molecule has 0 aliphatic carbocycles. The maximum Gasteiger partial charge on any atom is 0.252 e. The number of fused-ring (bicyclic) bond motifs is 1. The molecule has 3 heterocycles. The summed E-state index contributed by atoms with van der Waals surface area (Å²) in [5.41, 5.74) is 3.45. The lowest BCUT2D eigenvalue weighted by molar-refractivity contribution is 0.119. The first-order valence-corrected chi connectivity index (χ1v) is 10.5. The van der Waals surface area contributed by atoms with Crippen LogP contribution in [0.4, 0.5) is 10.1 Å². The molecule has 1 aliphatic heterocycles. The van der Waals surface area contributed by atoms with Crippen LogP contribution in [0.15, 0.2) is 47.3 Å². The van der Waals surface area contributed by atoms with Crippen molar-refractivity contribution in [3.8, 4) is 6.07 Å². The highest BCUT2D eigenvalue weighted by Crippen LogP contribution is 2.32. The molecule has 0 spiro atoms. The Kier molecular flexibility index (Phi) is 5.50. The number of hydrogen-bond acceptors (Lipinski definition) is 5. The van der Waals surface area contributed by atoms with Crippen molar-refractivity contribution >= 4 is 16.7 Å². The Morgan fingerprint density at radius 1 is 1.13 bits per heavy atom. The van der Waals surface area contributed by atoms with E-state index in [0.717, 1.165) is 17.8 Å². The first kappa shape index (κ1) is 21.0. The molecule has 31 heavy (non-hydrogen) atoms. The first-order valence-electron chi connectivity index (χ1n) is 10.5. The van der Waals surface area contributed by atoms with Crippen LogP contribution >= 0.6 is 0 Å². The van der Waals surface area contributed by atoms with E-state index < -0.39 is 0 Å². The molecule has 4 rings (SSSR count). The van der Waals surface area contributed by atoms with Crippen LogP contribution in [0.3, 0.4) is 0 Å². The molecule has 2 aromatic heterocycles. The molecule has 160 valence electrons. The smallest absolute Gasteiger partial charge is 0.252 e. The summed E-state index contributed by atoms with van der Waals surface area (Å²) in [5.74, 6) is -0.232. The summed E-state index contributed by atoms with van der Waals surface area (Å²) < 4.78 is 14.9. The minimum atomic E-state index is -0.232. The van der Waals surface area contributed by atoms with Crippen molar-refractivity contribution in [3.63, 3.8) is 0 Å². The fraction of sp³-hybridized carbons (Fsp3) is 0.375. The highest BCUT2D eigenvalue weighted by Gasteiger charge is 2.33. The van der Waals surface area contributed by atoms with Crippen molar-refractivity contribution in [1.82, 2.24) is 14.5 Å². The molecule has 0 bridgehead atoms. The molecule has 0 N–H and O–H groups in total. The Bertz CT molecular complexity index is 1210. The fourth-order valence-corrected chi connectivity index (χ4v) is 4.55. The number of piperazine rings is 1. The zero-order chi connectivity index (χ0) is 22.3. The minimum absolute atomic E-state index is 0.101. The Morgan fingerprint density at radius 2 is 1.84 bits per heavy atom. The van der Waals surface area contributed by atoms with Gasteiger partial charge < -0.3 is 9.47 Å². The van der Waals surface area contributed by atoms with Gasteiger partial charge in [-0.1, -0.05) is 12.1 Å². The van der Waals surface area contributed by atoms with Crippen LogP contribution in [0.25, 0.3) is 11.0 Å². The number of benzene rings is 1. The second kappa shape index (κ2) is 8.12. The summed E-state index contributed by atoms with van der Waals surface area (Å²) in [6, 6.07) is 14.3. The summed E-state index contributed by atoms with van der Waals surface area (Å²) in [7, 11) is 1.72. The number of nitrogens with zero attached hydrogens (tertiary/aromatic N) is 5. The molecule has 2 unspecified atom stereocenters. The molecule has 1 saturated heterocycles. The van der Waals surface area contributed by atoms with Crippen LogP contribution < -0.4 is 10.5 Å². The lowest BCUT2D eigenvalue weighted by atomic mass is 10.00. The Morgan fingerprint density at radius 3 is 2.52 bits per heavy atom. The molecule has 0 radical (unpaired) electrons. The van der Waals surface area contributed by atoms with Crippen LogP contribution in [0.5, 0.6) is 0 Å². The van der Waals surface area contributed by atoms with Crippen molar-refractivity contribution < 1.29 is 4.39 Å². The zero-order valence-electron chi connectivity index (χ0n) is 18.2. The second-order valence-electron chi connectivity index (χ2n) is 8.38. The van der Waals surface area contributed by atoms with Gasteiger partial charge in [0.1, 0.15) is 23.1 Å². The van der Waals surface area contributed by atoms with Gasteiger partial charge in [0.15, 0.2) is 0 Å². The van der Waals surface area contributed by atoms with Crippen molar-refractivity contribution in [2.75, 3.05) is 18.0 Å². The summed E-state index contributed by atoms with van der Waals surface area (Å²) >= 11 is 0. The topological polar surface area (TPSA) is 65.2 Å². The third kappa shape index (κ3) is 3.79. The van der Waals surface area contributed by atoms with Gasteiger partial charge in [0.05, 0.1) is 11.2 Å². The molecule has 1 fully saturated rings. The van der Waals surface area contributed by atoms with Crippen LogP contribution in [0.1, 0.15) is 38.1 Å². The Balaban J connectivity index is 1.69. The lowest BCUT2D eigenvalue weighted by Gasteiger charge is -2.47. The van der Waals surface area contributed by atoms with E-state index in [-0.39, 0.29) is 29.5 Å². The van der Waals surface area contributed by atoms with Gasteiger partial charge in [-0.05, 0) is 50.6 Å². The number of pyridine rings is 2. The number of anilines is 1. The quantitative estimate of drug-likeness (QED) is 0.649. The van der Waals surface area contributed by atoms with E-state index in [4.69, 9.17) is 0 Å². The third-order valence-electron chi connectivity index (χ3n) is 6.38. The Hall–Kier alpha value is -3.24. The van der Waals surface area contributed by atoms with E-state index in [2.05, 4.69) is 41.6 Å². The molecule has 1 aliphatic rings. The predicted octanol–water partition coefficient (Wildman–Crippen LogP) is 3.60. The molecular formula is C24H26FN5O. The average molecular weight is 420 g/mol. The number of halogens is 1. The van der Waals surface area contributed by atoms with E-state index in [1.54, 1.807) is 29.8 Å². The van der Waals surface area contributed by atoms with Gasteiger partial charge in [-0.3, -0.25) is 9.69 Å². The SMILES string of the molecule is CC1CN(c2cc(=O)n(C)c3ccc(C#N)nc23)[C@@H](C)CN1C(C)c1ccc(F)cc1. The number of aryl methyl sites for hydroxylation is 1. The van der Waals surface area contributed by atoms with Crippen LogP contribution in [0.2, 0.25) is 0 Å². The highest BCUT2D eigenvalue weighted by molar-refractivity contribution is 5.89. The van der Waals surface area contributed by atoms with Gasteiger partial charge >= 0.3 is 0 Å². The van der Waals surface area contributed by atoms with E-state index >= 15 is 0 Å². The van der Waals surface area contributed by atoms with Crippen molar-refractivity contribution in [1.29, 1.82) is 5.26 Å². The fourth-order valence-electron chi connectivity index (χ4n) is 4.55. The van der Waals surface area contributed by atoms with Crippen molar-refractivity contribution in [3.05, 3.63) is 69.9 Å². The molecular weight excluding hydrogens is 393 g/mol. The average Bonchev–Trinajstić information content (AvgIpc) is 2.77. The van der Waals surface area contributed by atoms with Crippen molar-refractivity contribution in [2.45, 2.75) is 38.9 Å². The molecule has 7 heteroatoms. The van der Waals surface area contributed by atoms with Crippen LogP contribution in [0, 0.1) is 17.1 Å². The van der Waals surface area contributed by atoms with Gasteiger partial charge in [0.2, 0.25) is 0 Å². The number of hydrogen-bond donors (Lipinski definition) is 0. The maximum absolute atomic E-state index is 13.3. The normalized spacial score (nSPS) is 20.6. The number of nitriles is 1. The van der Waals surface area contributed by atoms with E-state index in [1.807, 2.05) is 12.1 Å². The lowest BCUT2D eigenvalue weighted by Crippen LogP contribution is -2.57. The summed E-state index contributed by atoms with van der Waals surface area (Å²) in [6.45, 7) is 7.94. The summed E-state index contributed by atoms with van der Waals surface area (Å²) in [5, 5.41) is 9.31. The number of rotatable bonds is 3. The molecule has 3 aromatic rings. The number of aromatic nitrogens is 2. The first-order chi connectivity index (χ1) is 14.8. The molecule has 0 saturated carbocycles. The molecule has 1 aromatic carbocycles. The molecule has 3 atom stereocenters. The minimum Gasteiger partial charge on any atom is -0.364 e. The summed E-state index contributed by atoms with van der Waals surface area (Å²) in [4.78, 5) is 21.8. The Labute approximate surface area is 181 Å². The van der Waals surface area contributed by atoms with Gasteiger partial charge in [0, 0.05) is 44.3 Å². The largest absolute Gasteiger partial charge is 0.364 e. The maximum atomic E-state index is 13.3. The third-order valence-corrected chi connectivity index (χ3v) is 6.38. The monoisotopic (exact) mass is 419 g/mol. The zero-order valence-corrected chi connectivity index (χ0v) is 18.2. The van der Waals surface area contributed by atoms with Gasteiger partial charge in [-0.25, -0.2) is 9.37 Å². The molecule has 0 amide bonds. The predicted molar refractivity (Wildman–Crippen MR) is 119 cm³/mol. The summed E-state index contributed by atoms with van der Waals surface area (Å²) in [6.07, 6.45) is 0. The van der Waals surface area contributed by atoms with Gasteiger partial charge in [0.25, 0.3) is 5.56 Å². The highest BCUT2D eigenvalue weighted by atomic mass is 19.1.